The van der Waals surface area contributed by atoms with E-state index in [2.05, 4.69) is 0 Å². The van der Waals surface area contributed by atoms with Crippen LogP contribution in [0, 0.1) is 0 Å². The molecule has 0 saturated heterocycles. The van der Waals surface area contributed by atoms with Gasteiger partial charge in [0.2, 0.25) is 0 Å². The van der Waals surface area contributed by atoms with E-state index >= 15 is 0 Å². The Labute approximate surface area is 60.2 Å². The van der Waals surface area contributed by atoms with Crippen molar-refractivity contribution in [3.63, 3.8) is 0 Å². The summed E-state index contributed by atoms with van der Waals surface area (Å²) in [6, 6.07) is 0. The molecule has 2 heteroatoms. The zero-order chi connectivity index (χ0) is 7.40. The SMILES string of the molecule is CC(=O)OC1C=CCC=C1. The van der Waals surface area contributed by atoms with Gasteiger partial charge in [0.05, 0.1) is 0 Å². The largest absolute Gasteiger partial charge is 0.454 e. The molecule has 0 fully saturated rings. The van der Waals surface area contributed by atoms with E-state index in [4.69, 9.17) is 4.74 Å². The van der Waals surface area contributed by atoms with Crippen molar-refractivity contribution in [2.45, 2.75) is 19.4 Å². The van der Waals surface area contributed by atoms with Gasteiger partial charge in [-0.05, 0) is 18.6 Å². The van der Waals surface area contributed by atoms with Crippen LogP contribution in [0.25, 0.3) is 0 Å². The number of hydrogen-bond donors (Lipinski definition) is 0. The van der Waals surface area contributed by atoms with Crippen LogP contribution in [0.4, 0.5) is 0 Å². The van der Waals surface area contributed by atoms with Gasteiger partial charge in [-0.15, -0.1) is 0 Å². The number of carbonyl (C=O) groups is 1. The molecule has 0 saturated carbocycles. The average Bonchev–Trinajstić information content (AvgIpc) is 1.88. The molecule has 1 rings (SSSR count). The number of ether oxygens (including phenoxy) is 1. The summed E-state index contributed by atoms with van der Waals surface area (Å²) in [6.45, 7) is 1.41. The molecule has 0 aliphatic heterocycles. The Morgan fingerprint density at radius 1 is 1.50 bits per heavy atom. The van der Waals surface area contributed by atoms with Crippen molar-refractivity contribution in [3.05, 3.63) is 24.3 Å². The summed E-state index contributed by atoms with van der Waals surface area (Å²) in [4.78, 5) is 10.4. The molecule has 54 valence electrons. The highest BCUT2D eigenvalue weighted by molar-refractivity contribution is 5.66. The fraction of sp³-hybridized carbons (Fsp3) is 0.375. The standard InChI is InChI=1S/C8H10O2/c1-7(9)10-8-5-3-2-4-6-8/h3-6,8H,2H2,1H3. The van der Waals surface area contributed by atoms with Crippen molar-refractivity contribution in [2.24, 2.45) is 0 Å². The van der Waals surface area contributed by atoms with Gasteiger partial charge in [-0.3, -0.25) is 4.79 Å². The maximum Gasteiger partial charge on any atom is 0.303 e. The summed E-state index contributed by atoms with van der Waals surface area (Å²) < 4.78 is 4.88. The zero-order valence-corrected chi connectivity index (χ0v) is 5.91. The van der Waals surface area contributed by atoms with Gasteiger partial charge >= 0.3 is 5.97 Å². The van der Waals surface area contributed by atoms with E-state index in [9.17, 15) is 4.79 Å². The normalized spacial score (nSPS) is 17.3. The summed E-state index contributed by atoms with van der Waals surface area (Å²) in [5.41, 5.74) is 0. The second-order valence-electron chi connectivity index (χ2n) is 2.17. The molecule has 0 unspecified atom stereocenters. The van der Waals surface area contributed by atoms with Gasteiger partial charge in [0, 0.05) is 6.92 Å². The lowest BCUT2D eigenvalue weighted by Crippen LogP contribution is -2.11. The maximum absolute atomic E-state index is 10.4. The lowest BCUT2D eigenvalue weighted by molar-refractivity contribution is -0.142. The number of hydrogen-bond acceptors (Lipinski definition) is 2. The van der Waals surface area contributed by atoms with Crippen LogP contribution >= 0.6 is 0 Å². The maximum atomic E-state index is 10.4. The Bertz CT molecular complexity index is 168. The molecule has 0 aromatic heterocycles. The molecule has 0 heterocycles. The monoisotopic (exact) mass is 138 g/mol. The van der Waals surface area contributed by atoms with E-state index in [1.54, 1.807) is 0 Å². The van der Waals surface area contributed by atoms with Gasteiger partial charge in [0.1, 0.15) is 6.10 Å². The van der Waals surface area contributed by atoms with Crippen LogP contribution in [0.1, 0.15) is 13.3 Å². The highest BCUT2D eigenvalue weighted by atomic mass is 16.5. The van der Waals surface area contributed by atoms with Gasteiger partial charge in [-0.25, -0.2) is 0 Å². The molecule has 1 aliphatic rings. The minimum atomic E-state index is -0.235. The molecule has 0 atom stereocenters. The molecule has 2 nitrogen and oxygen atoms in total. The molecular weight excluding hydrogens is 128 g/mol. The molecular formula is C8H10O2. The Morgan fingerprint density at radius 3 is 2.60 bits per heavy atom. The molecule has 0 N–H and O–H groups in total. The summed E-state index contributed by atoms with van der Waals surface area (Å²) in [6.07, 6.45) is 8.52. The van der Waals surface area contributed by atoms with E-state index in [0.717, 1.165) is 6.42 Å². The first-order chi connectivity index (χ1) is 4.79. The third-order valence-electron chi connectivity index (χ3n) is 1.23. The molecule has 0 spiro atoms. The Hall–Kier alpha value is -1.05. The van der Waals surface area contributed by atoms with Crippen LogP contribution in [0.15, 0.2) is 24.3 Å². The Balaban J connectivity index is 2.40. The van der Waals surface area contributed by atoms with Crippen molar-refractivity contribution in [1.82, 2.24) is 0 Å². The molecule has 0 radical (unpaired) electrons. The third kappa shape index (κ3) is 2.05. The topological polar surface area (TPSA) is 26.3 Å². The highest BCUT2D eigenvalue weighted by Crippen LogP contribution is 2.04. The van der Waals surface area contributed by atoms with Crippen molar-refractivity contribution < 1.29 is 9.53 Å². The van der Waals surface area contributed by atoms with E-state index < -0.39 is 0 Å². The summed E-state index contributed by atoms with van der Waals surface area (Å²) >= 11 is 0. The fourth-order valence-electron chi connectivity index (χ4n) is 0.838. The van der Waals surface area contributed by atoms with Gasteiger partial charge in [0.25, 0.3) is 0 Å². The van der Waals surface area contributed by atoms with E-state index in [1.165, 1.54) is 6.92 Å². The fourth-order valence-corrected chi connectivity index (χ4v) is 0.838. The van der Waals surface area contributed by atoms with Crippen LogP contribution in [0.5, 0.6) is 0 Å². The van der Waals surface area contributed by atoms with Gasteiger partial charge in [-0.1, -0.05) is 12.2 Å². The third-order valence-corrected chi connectivity index (χ3v) is 1.23. The summed E-state index contributed by atoms with van der Waals surface area (Å²) in [7, 11) is 0. The molecule has 10 heavy (non-hydrogen) atoms. The molecule has 0 aromatic carbocycles. The minimum Gasteiger partial charge on any atom is -0.454 e. The first-order valence-corrected chi connectivity index (χ1v) is 3.29. The van der Waals surface area contributed by atoms with E-state index in [0.29, 0.717) is 0 Å². The summed E-state index contributed by atoms with van der Waals surface area (Å²) in [5.74, 6) is -0.235. The number of rotatable bonds is 1. The van der Waals surface area contributed by atoms with Gasteiger partial charge in [-0.2, -0.15) is 0 Å². The second-order valence-corrected chi connectivity index (χ2v) is 2.17. The van der Waals surface area contributed by atoms with Crippen molar-refractivity contribution >= 4 is 5.97 Å². The first kappa shape index (κ1) is 7.06. The van der Waals surface area contributed by atoms with Gasteiger partial charge < -0.3 is 4.74 Å². The van der Waals surface area contributed by atoms with Crippen LogP contribution in [-0.2, 0) is 9.53 Å². The minimum absolute atomic E-state index is 0.133. The Kier molecular flexibility index (Phi) is 2.26. The average molecular weight is 138 g/mol. The van der Waals surface area contributed by atoms with Crippen LogP contribution < -0.4 is 0 Å². The quantitative estimate of drug-likeness (QED) is 0.404. The second kappa shape index (κ2) is 3.20. The molecule has 1 aliphatic carbocycles. The lowest BCUT2D eigenvalue weighted by atomic mass is 10.2. The first-order valence-electron chi connectivity index (χ1n) is 3.29. The number of allylic oxidation sites excluding steroid dienone is 2. The van der Waals surface area contributed by atoms with Crippen LogP contribution in [0.3, 0.4) is 0 Å². The number of carbonyl (C=O) groups excluding carboxylic acids is 1. The van der Waals surface area contributed by atoms with Crippen molar-refractivity contribution in [3.8, 4) is 0 Å². The van der Waals surface area contributed by atoms with Crippen molar-refractivity contribution in [2.75, 3.05) is 0 Å². The smallest absolute Gasteiger partial charge is 0.303 e. The Morgan fingerprint density at radius 2 is 2.10 bits per heavy atom. The molecule has 0 bridgehead atoms. The molecule has 0 aromatic rings. The van der Waals surface area contributed by atoms with E-state index in [-0.39, 0.29) is 12.1 Å². The van der Waals surface area contributed by atoms with Crippen molar-refractivity contribution in [1.29, 1.82) is 0 Å². The number of esters is 1. The predicted octanol–water partition coefficient (Wildman–Crippen LogP) is 1.43. The lowest BCUT2D eigenvalue weighted by Gasteiger charge is -2.09. The summed E-state index contributed by atoms with van der Waals surface area (Å²) in [5, 5.41) is 0. The van der Waals surface area contributed by atoms with Crippen LogP contribution in [-0.4, -0.2) is 12.1 Å². The molecule has 0 amide bonds. The van der Waals surface area contributed by atoms with Crippen LogP contribution in [0.2, 0.25) is 0 Å². The van der Waals surface area contributed by atoms with Gasteiger partial charge in [0.15, 0.2) is 0 Å². The zero-order valence-electron chi connectivity index (χ0n) is 5.91. The highest BCUT2D eigenvalue weighted by Gasteiger charge is 2.04. The van der Waals surface area contributed by atoms with E-state index in [1.807, 2.05) is 24.3 Å². The predicted molar refractivity (Wildman–Crippen MR) is 38.5 cm³/mol.